The minimum absolute atomic E-state index is 0.125. The van der Waals surface area contributed by atoms with Crippen LogP contribution in [0.3, 0.4) is 0 Å². The summed E-state index contributed by atoms with van der Waals surface area (Å²) < 4.78 is 5.91. The summed E-state index contributed by atoms with van der Waals surface area (Å²) in [5, 5.41) is 11.8. The van der Waals surface area contributed by atoms with Crippen LogP contribution in [0.25, 0.3) is 10.2 Å². The molecule has 3 rings (SSSR count). The number of hydrogen-bond donors (Lipinski definition) is 3. The highest BCUT2D eigenvalue weighted by atomic mass is 32.1. The number of amides is 3. The number of fused-ring (bicyclic) bond motifs is 1. The van der Waals surface area contributed by atoms with Gasteiger partial charge in [0.2, 0.25) is 17.7 Å². The minimum atomic E-state index is -0.382. The van der Waals surface area contributed by atoms with Crippen molar-refractivity contribution in [3.8, 4) is 18.3 Å². The zero-order valence-electron chi connectivity index (χ0n) is 18.9. The topological polar surface area (TPSA) is 124 Å². The summed E-state index contributed by atoms with van der Waals surface area (Å²) in [7, 11) is 0. The fourth-order valence-electron chi connectivity index (χ4n) is 3.74. The van der Waals surface area contributed by atoms with Crippen LogP contribution in [-0.4, -0.2) is 70.4 Å². The van der Waals surface area contributed by atoms with Gasteiger partial charge in [-0.3, -0.25) is 24.5 Å². The maximum absolute atomic E-state index is 12.5. The van der Waals surface area contributed by atoms with E-state index in [1.54, 1.807) is 23.7 Å². The molecule has 1 aliphatic rings. The molecule has 0 atom stereocenters. The molecule has 0 unspecified atom stereocenters. The van der Waals surface area contributed by atoms with E-state index in [4.69, 9.17) is 16.4 Å². The standard InChI is InChI=1S/C23H29N5O5S/c1-2-33-17-9-10-18-19(15-17)34-23(24-18)25-21(30)16-27-11-13-28(14-12-27)22(31)8-6-4-3-5-7-20(29)26-32/h1,9-10,15,32H,3-8,11-14,16H2,(H,26,29)(H,24,25,30). The van der Waals surface area contributed by atoms with Crippen molar-refractivity contribution < 1.29 is 24.3 Å². The van der Waals surface area contributed by atoms with Crippen LogP contribution < -0.4 is 15.5 Å². The molecule has 0 bridgehead atoms. The molecule has 0 saturated carbocycles. The van der Waals surface area contributed by atoms with Crippen molar-refractivity contribution in [2.24, 2.45) is 0 Å². The Kier molecular flexibility index (Phi) is 9.63. The Labute approximate surface area is 202 Å². The molecule has 1 aliphatic heterocycles. The maximum atomic E-state index is 12.5. The van der Waals surface area contributed by atoms with Gasteiger partial charge in [-0.1, -0.05) is 30.6 Å². The first-order chi connectivity index (χ1) is 16.5. The Morgan fingerprint density at radius 3 is 2.53 bits per heavy atom. The van der Waals surface area contributed by atoms with Crippen LogP contribution >= 0.6 is 11.3 Å². The monoisotopic (exact) mass is 487 g/mol. The lowest BCUT2D eigenvalue weighted by Gasteiger charge is -2.34. The highest BCUT2D eigenvalue weighted by Crippen LogP contribution is 2.29. The average Bonchev–Trinajstić information content (AvgIpc) is 3.22. The van der Waals surface area contributed by atoms with E-state index in [0.717, 1.165) is 29.5 Å². The molecule has 34 heavy (non-hydrogen) atoms. The van der Waals surface area contributed by atoms with Crippen molar-refractivity contribution in [2.75, 3.05) is 38.0 Å². The quantitative estimate of drug-likeness (QED) is 0.192. The van der Waals surface area contributed by atoms with Crippen molar-refractivity contribution in [1.82, 2.24) is 20.3 Å². The molecule has 11 heteroatoms. The normalized spacial score (nSPS) is 13.9. The molecule has 0 spiro atoms. The van der Waals surface area contributed by atoms with Gasteiger partial charge in [-0.05, 0) is 25.0 Å². The first kappa shape index (κ1) is 25.4. The second-order valence-electron chi connectivity index (χ2n) is 8.02. The van der Waals surface area contributed by atoms with Gasteiger partial charge in [0.15, 0.2) is 5.13 Å². The number of anilines is 1. The number of piperazine rings is 1. The lowest BCUT2D eigenvalue weighted by molar-refractivity contribution is -0.133. The molecule has 1 aromatic heterocycles. The summed E-state index contributed by atoms with van der Waals surface area (Å²) in [5.41, 5.74) is 2.37. The van der Waals surface area contributed by atoms with Gasteiger partial charge in [-0.25, -0.2) is 10.5 Å². The van der Waals surface area contributed by atoms with E-state index in [1.807, 2.05) is 9.80 Å². The summed E-state index contributed by atoms with van der Waals surface area (Å²) in [6.45, 7) is 2.72. The smallest absolute Gasteiger partial charge is 0.243 e. The minimum Gasteiger partial charge on any atom is -0.408 e. The molecule has 3 amide bonds. The molecular formula is C23H29N5O5S. The lowest BCUT2D eigenvalue weighted by Crippen LogP contribution is -2.50. The highest BCUT2D eigenvalue weighted by Gasteiger charge is 2.22. The van der Waals surface area contributed by atoms with Gasteiger partial charge in [0.05, 0.1) is 16.8 Å². The molecule has 2 heterocycles. The molecule has 1 fully saturated rings. The number of nitrogens with one attached hydrogen (secondary N) is 2. The number of nitrogens with zero attached hydrogens (tertiary/aromatic N) is 3. The Morgan fingerprint density at radius 2 is 1.82 bits per heavy atom. The lowest BCUT2D eigenvalue weighted by atomic mass is 10.1. The molecule has 182 valence electrons. The Morgan fingerprint density at radius 1 is 1.09 bits per heavy atom. The second kappa shape index (κ2) is 12.9. The number of benzene rings is 1. The zero-order valence-corrected chi connectivity index (χ0v) is 19.7. The van der Waals surface area contributed by atoms with Gasteiger partial charge in [0.25, 0.3) is 0 Å². The third-order valence-corrected chi connectivity index (χ3v) is 6.48. The summed E-state index contributed by atoms with van der Waals surface area (Å²) in [5.74, 6) is 0.150. The largest absolute Gasteiger partial charge is 0.408 e. The number of carbonyl (C=O) groups is 3. The van der Waals surface area contributed by atoms with Gasteiger partial charge >= 0.3 is 0 Å². The fraction of sp³-hybridized carbons (Fsp3) is 0.478. The number of aromatic nitrogens is 1. The van der Waals surface area contributed by atoms with Crippen molar-refractivity contribution in [3.63, 3.8) is 0 Å². The van der Waals surface area contributed by atoms with Gasteiger partial charge < -0.3 is 15.0 Å². The van der Waals surface area contributed by atoms with Crippen LogP contribution in [-0.2, 0) is 14.4 Å². The van der Waals surface area contributed by atoms with Crippen LogP contribution in [0.15, 0.2) is 18.2 Å². The van der Waals surface area contributed by atoms with Crippen LogP contribution in [0.4, 0.5) is 5.13 Å². The Bertz CT molecular complexity index is 1040. The van der Waals surface area contributed by atoms with Crippen molar-refractivity contribution in [1.29, 1.82) is 0 Å². The van der Waals surface area contributed by atoms with E-state index < -0.39 is 0 Å². The fourth-order valence-corrected chi connectivity index (χ4v) is 4.65. The SMILES string of the molecule is C#COc1ccc2nc(NC(=O)CN3CCN(C(=O)CCCCCCC(=O)NO)CC3)sc2c1. The summed E-state index contributed by atoms with van der Waals surface area (Å²) in [6.07, 6.45) is 11.2. The molecule has 10 nitrogen and oxygen atoms in total. The molecule has 3 N–H and O–H groups in total. The van der Waals surface area contributed by atoms with Crippen molar-refractivity contribution >= 4 is 44.4 Å². The zero-order chi connectivity index (χ0) is 24.3. The van der Waals surface area contributed by atoms with Crippen LogP contribution in [0.5, 0.6) is 5.75 Å². The van der Waals surface area contributed by atoms with Gasteiger partial charge in [0.1, 0.15) is 11.9 Å². The summed E-state index contributed by atoms with van der Waals surface area (Å²) in [6, 6.07) is 5.31. The molecule has 1 aromatic carbocycles. The van der Waals surface area contributed by atoms with Gasteiger partial charge in [-0.2, -0.15) is 0 Å². The third kappa shape index (κ3) is 7.69. The predicted molar refractivity (Wildman–Crippen MR) is 128 cm³/mol. The number of rotatable bonds is 11. The van der Waals surface area contributed by atoms with Crippen molar-refractivity contribution in [2.45, 2.75) is 38.5 Å². The van der Waals surface area contributed by atoms with Crippen LogP contribution in [0, 0.1) is 12.5 Å². The summed E-state index contributed by atoms with van der Waals surface area (Å²) in [4.78, 5) is 44.1. The number of thiazole rings is 1. The highest BCUT2D eigenvalue weighted by molar-refractivity contribution is 7.22. The van der Waals surface area contributed by atoms with Gasteiger partial charge in [0, 0.05) is 45.1 Å². The molecule has 2 aromatic rings. The van der Waals surface area contributed by atoms with E-state index in [2.05, 4.69) is 16.4 Å². The van der Waals surface area contributed by atoms with E-state index >= 15 is 0 Å². The number of carbonyl (C=O) groups excluding carboxylic acids is 3. The number of terminal acetylenes is 1. The Balaban J connectivity index is 1.34. The first-order valence-corrected chi connectivity index (χ1v) is 12.1. The molecular weight excluding hydrogens is 458 g/mol. The van der Waals surface area contributed by atoms with Crippen molar-refractivity contribution in [3.05, 3.63) is 18.2 Å². The molecule has 1 saturated heterocycles. The summed E-state index contributed by atoms with van der Waals surface area (Å²) >= 11 is 1.35. The first-order valence-electron chi connectivity index (χ1n) is 11.2. The van der Waals surface area contributed by atoms with E-state index in [0.29, 0.717) is 56.3 Å². The van der Waals surface area contributed by atoms with Crippen LogP contribution in [0.2, 0.25) is 0 Å². The predicted octanol–water partition coefficient (Wildman–Crippen LogP) is 2.19. The average molecular weight is 488 g/mol. The van der Waals surface area contributed by atoms with E-state index in [-0.39, 0.29) is 24.3 Å². The molecule has 0 aliphatic carbocycles. The third-order valence-electron chi connectivity index (χ3n) is 5.54. The van der Waals surface area contributed by atoms with Crippen LogP contribution in [0.1, 0.15) is 38.5 Å². The maximum Gasteiger partial charge on any atom is 0.243 e. The molecule has 0 radical (unpaired) electrons. The number of unbranched alkanes of at least 4 members (excludes halogenated alkanes) is 3. The number of ether oxygens (including phenoxy) is 1. The second-order valence-corrected chi connectivity index (χ2v) is 9.05. The number of hydrogen-bond acceptors (Lipinski definition) is 8. The Hall–Kier alpha value is -3.20. The van der Waals surface area contributed by atoms with E-state index in [1.165, 1.54) is 11.3 Å². The number of hydroxylamine groups is 1. The van der Waals surface area contributed by atoms with Gasteiger partial charge in [-0.15, -0.1) is 0 Å². The van der Waals surface area contributed by atoms with E-state index in [9.17, 15) is 14.4 Å².